The zero-order chi connectivity index (χ0) is 19.4. The second-order valence-corrected chi connectivity index (χ2v) is 7.29. The first-order valence-corrected chi connectivity index (χ1v) is 9.28. The summed E-state index contributed by atoms with van der Waals surface area (Å²) in [6, 6.07) is 15.5. The molecule has 142 valence electrons. The Morgan fingerprint density at radius 2 is 1.96 bits per heavy atom. The van der Waals surface area contributed by atoms with Gasteiger partial charge in [-0.25, -0.2) is 0 Å². The van der Waals surface area contributed by atoms with Crippen molar-refractivity contribution in [3.63, 3.8) is 0 Å². The van der Waals surface area contributed by atoms with Crippen LogP contribution in [0.15, 0.2) is 48.5 Å². The molecule has 1 atom stereocenters. The van der Waals surface area contributed by atoms with Gasteiger partial charge in [0, 0.05) is 25.2 Å². The van der Waals surface area contributed by atoms with Crippen LogP contribution in [-0.2, 0) is 16.1 Å². The number of hydrogen-bond acceptors (Lipinski definition) is 3. The van der Waals surface area contributed by atoms with E-state index in [1.807, 2.05) is 48.5 Å². The summed E-state index contributed by atoms with van der Waals surface area (Å²) in [7, 11) is 1.62. The number of nitrogens with one attached hydrogen (secondary N) is 1. The molecule has 1 saturated heterocycles. The predicted octanol–water partition coefficient (Wildman–Crippen LogP) is 3.81. The number of rotatable bonds is 6. The van der Waals surface area contributed by atoms with Gasteiger partial charge < -0.3 is 15.0 Å². The van der Waals surface area contributed by atoms with Gasteiger partial charge in [-0.05, 0) is 41.3 Å². The summed E-state index contributed by atoms with van der Waals surface area (Å²) in [6.07, 6.45) is 0.250. The number of likely N-dealkylation sites (tertiary alicyclic amines) is 1. The normalized spacial score (nSPS) is 16.7. The largest absolute Gasteiger partial charge is 0.497 e. The maximum atomic E-state index is 12.6. The van der Waals surface area contributed by atoms with Gasteiger partial charge in [0.25, 0.3) is 0 Å². The number of amides is 2. The molecule has 0 aliphatic carbocycles. The minimum atomic E-state index is -0.326. The molecule has 5 nitrogen and oxygen atoms in total. The van der Waals surface area contributed by atoms with Gasteiger partial charge in [-0.1, -0.05) is 38.1 Å². The maximum Gasteiger partial charge on any atom is 0.229 e. The number of anilines is 1. The van der Waals surface area contributed by atoms with Crippen LogP contribution in [0.5, 0.6) is 5.75 Å². The average molecular weight is 366 g/mol. The number of nitrogens with zero attached hydrogens (tertiary/aromatic N) is 1. The summed E-state index contributed by atoms with van der Waals surface area (Å²) >= 11 is 0. The fourth-order valence-electron chi connectivity index (χ4n) is 3.29. The van der Waals surface area contributed by atoms with Crippen molar-refractivity contribution in [3.8, 4) is 5.75 Å². The predicted molar refractivity (Wildman–Crippen MR) is 106 cm³/mol. The third-order valence-electron chi connectivity index (χ3n) is 4.94. The van der Waals surface area contributed by atoms with Gasteiger partial charge in [0.15, 0.2) is 0 Å². The van der Waals surface area contributed by atoms with Crippen molar-refractivity contribution in [2.45, 2.75) is 32.7 Å². The van der Waals surface area contributed by atoms with E-state index in [-0.39, 0.29) is 24.2 Å². The molecule has 27 heavy (non-hydrogen) atoms. The van der Waals surface area contributed by atoms with E-state index in [9.17, 15) is 9.59 Å². The van der Waals surface area contributed by atoms with E-state index in [1.165, 1.54) is 5.56 Å². The van der Waals surface area contributed by atoms with E-state index >= 15 is 0 Å². The van der Waals surface area contributed by atoms with Crippen molar-refractivity contribution >= 4 is 17.5 Å². The van der Waals surface area contributed by atoms with Crippen molar-refractivity contribution < 1.29 is 14.3 Å². The molecule has 1 heterocycles. The van der Waals surface area contributed by atoms with E-state index in [4.69, 9.17) is 4.74 Å². The smallest absolute Gasteiger partial charge is 0.229 e. The van der Waals surface area contributed by atoms with E-state index in [1.54, 1.807) is 12.0 Å². The van der Waals surface area contributed by atoms with Gasteiger partial charge in [0.1, 0.15) is 5.75 Å². The van der Waals surface area contributed by atoms with Crippen molar-refractivity contribution in [1.82, 2.24) is 4.90 Å². The van der Waals surface area contributed by atoms with E-state index in [0.29, 0.717) is 19.0 Å². The Balaban J connectivity index is 1.59. The summed E-state index contributed by atoms with van der Waals surface area (Å²) in [5, 5.41) is 2.94. The molecule has 5 heteroatoms. The lowest BCUT2D eigenvalue weighted by molar-refractivity contribution is -0.128. The quantitative estimate of drug-likeness (QED) is 0.846. The highest BCUT2D eigenvalue weighted by atomic mass is 16.5. The Morgan fingerprint density at radius 1 is 1.22 bits per heavy atom. The summed E-state index contributed by atoms with van der Waals surface area (Å²) in [4.78, 5) is 26.6. The number of ether oxygens (including phenoxy) is 1. The second-order valence-electron chi connectivity index (χ2n) is 7.29. The van der Waals surface area contributed by atoms with Crippen LogP contribution < -0.4 is 10.1 Å². The lowest BCUT2D eigenvalue weighted by Gasteiger charge is -2.17. The van der Waals surface area contributed by atoms with Crippen molar-refractivity contribution in [2.75, 3.05) is 19.0 Å². The molecule has 2 aromatic rings. The molecule has 1 fully saturated rings. The molecule has 2 amide bonds. The van der Waals surface area contributed by atoms with Crippen LogP contribution in [0.25, 0.3) is 0 Å². The summed E-state index contributed by atoms with van der Waals surface area (Å²) in [5.41, 5.74) is 2.99. The van der Waals surface area contributed by atoms with Gasteiger partial charge in [0.2, 0.25) is 11.8 Å². The first kappa shape index (κ1) is 19.0. The number of carbonyl (C=O) groups is 2. The SMILES string of the molecule is COc1cccc(CN2CC(C(=O)Nc3ccc(C(C)C)cc3)CC2=O)c1. The molecular weight excluding hydrogens is 340 g/mol. The average Bonchev–Trinajstić information content (AvgIpc) is 3.03. The molecule has 1 unspecified atom stereocenters. The molecular formula is C22H26N2O3. The van der Waals surface area contributed by atoms with E-state index in [0.717, 1.165) is 17.0 Å². The van der Waals surface area contributed by atoms with Crippen molar-refractivity contribution in [3.05, 3.63) is 59.7 Å². The van der Waals surface area contributed by atoms with Gasteiger partial charge in [-0.3, -0.25) is 9.59 Å². The van der Waals surface area contributed by atoms with Crippen molar-refractivity contribution in [1.29, 1.82) is 0 Å². The molecule has 3 rings (SSSR count). The minimum absolute atomic E-state index is 0.00752. The molecule has 2 aromatic carbocycles. The zero-order valence-corrected chi connectivity index (χ0v) is 16.1. The topological polar surface area (TPSA) is 58.6 Å². The van der Waals surface area contributed by atoms with Crippen LogP contribution in [0, 0.1) is 5.92 Å². The number of carbonyl (C=O) groups excluding carboxylic acids is 2. The van der Waals surface area contributed by atoms with Gasteiger partial charge in [-0.15, -0.1) is 0 Å². The Labute approximate surface area is 160 Å². The third kappa shape index (κ3) is 4.67. The zero-order valence-electron chi connectivity index (χ0n) is 16.1. The molecule has 0 aromatic heterocycles. The Morgan fingerprint density at radius 3 is 2.63 bits per heavy atom. The fraction of sp³-hybridized carbons (Fsp3) is 0.364. The van der Waals surface area contributed by atoms with Crippen LogP contribution in [0.1, 0.15) is 37.3 Å². The van der Waals surface area contributed by atoms with Gasteiger partial charge in [-0.2, -0.15) is 0 Å². The highest BCUT2D eigenvalue weighted by molar-refractivity contribution is 5.97. The molecule has 1 N–H and O–H groups in total. The number of hydrogen-bond donors (Lipinski definition) is 1. The van der Waals surface area contributed by atoms with Crippen LogP contribution >= 0.6 is 0 Å². The molecule has 1 aliphatic rings. The molecule has 1 aliphatic heterocycles. The van der Waals surface area contributed by atoms with Crippen LogP contribution in [-0.4, -0.2) is 30.4 Å². The first-order valence-electron chi connectivity index (χ1n) is 9.28. The summed E-state index contributed by atoms with van der Waals surface area (Å²) in [6.45, 7) is 5.19. The monoisotopic (exact) mass is 366 g/mol. The third-order valence-corrected chi connectivity index (χ3v) is 4.94. The molecule has 0 saturated carbocycles. The number of benzene rings is 2. The highest BCUT2D eigenvalue weighted by Crippen LogP contribution is 2.24. The first-order chi connectivity index (χ1) is 13.0. The Hall–Kier alpha value is -2.82. The summed E-state index contributed by atoms with van der Waals surface area (Å²) in [5.74, 6) is 0.792. The lowest BCUT2D eigenvalue weighted by Crippen LogP contribution is -2.28. The standard InChI is InChI=1S/C22H26N2O3/c1-15(2)17-7-9-19(10-8-17)23-22(26)18-12-21(25)24(14-18)13-16-5-4-6-20(11-16)27-3/h4-11,15,18H,12-14H2,1-3H3,(H,23,26). The Kier molecular flexibility index (Phi) is 5.79. The number of methoxy groups -OCH3 is 1. The second kappa shape index (κ2) is 8.25. The summed E-state index contributed by atoms with van der Waals surface area (Å²) < 4.78 is 5.23. The van der Waals surface area contributed by atoms with Crippen LogP contribution in [0.2, 0.25) is 0 Å². The fourth-order valence-corrected chi connectivity index (χ4v) is 3.29. The van der Waals surface area contributed by atoms with Crippen LogP contribution in [0.4, 0.5) is 5.69 Å². The molecule has 0 spiro atoms. The van der Waals surface area contributed by atoms with E-state index in [2.05, 4.69) is 19.2 Å². The Bertz CT molecular complexity index is 815. The highest BCUT2D eigenvalue weighted by Gasteiger charge is 2.34. The minimum Gasteiger partial charge on any atom is -0.497 e. The van der Waals surface area contributed by atoms with Gasteiger partial charge in [0.05, 0.1) is 13.0 Å². The maximum absolute atomic E-state index is 12.6. The van der Waals surface area contributed by atoms with Crippen LogP contribution in [0.3, 0.4) is 0 Å². The lowest BCUT2D eigenvalue weighted by atomic mass is 10.0. The molecule has 0 radical (unpaired) electrons. The molecule has 0 bridgehead atoms. The van der Waals surface area contributed by atoms with Gasteiger partial charge >= 0.3 is 0 Å². The van der Waals surface area contributed by atoms with E-state index < -0.39 is 0 Å². The van der Waals surface area contributed by atoms with Crippen molar-refractivity contribution in [2.24, 2.45) is 5.92 Å².